The van der Waals surface area contributed by atoms with Crippen LogP contribution in [-0.4, -0.2) is 33.4 Å². The fourth-order valence-electron chi connectivity index (χ4n) is 1.02. The predicted octanol–water partition coefficient (Wildman–Crippen LogP) is -0.273. The number of rotatable bonds is 4. The molecule has 0 aliphatic carbocycles. The number of esters is 1. The van der Waals surface area contributed by atoms with Crippen molar-refractivity contribution in [3.63, 3.8) is 0 Å². The first-order valence-corrected chi connectivity index (χ1v) is 4.26. The second-order valence-electron chi connectivity index (χ2n) is 2.74. The van der Waals surface area contributed by atoms with E-state index in [9.17, 15) is 9.59 Å². The highest BCUT2D eigenvalue weighted by atomic mass is 16.5. The molecular weight excluding hydrogens is 202 g/mol. The van der Waals surface area contributed by atoms with Gasteiger partial charge in [0, 0.05) is 6.20 Å². The fourth-order valence-corrected chi connectivity index (χ4v) is 1.02. The van der Waals surface area contributed by atoms with Crippen LogP contribution in [0.25, 0.3) is 0 Å². The Labute approximate surface area is 85.4 Å². The zero-order valence-corrected chi connectivity index (χ0v) is 8.14. The molecule has 0 aliphatic heterocycles. The van der Waals surface area contributed by atoms with Crippen molar-refractivity contribution in [2.75, 3.05) is 12.3 Å². The third-order valence-electron chi connectivity index (χ3n) is 1.59. The number of anilines is 1. The summed E-state index contributed by atoms with van der Waals surface area (Å²) in [6.07, 6.45) is 1.28. The molecule has 1 heterocycles. The van der Waals surface area contributed by atoms with Gasteiger partial charge in [-0.3, -0.25) is 9.48 Å². The van der Waals surface area contributed by atoms with Crippen LogP contribution in [0.15, 0.2) is 6.20 Å². The highest BCUT2D eigenvalue weighted by Crippen LogP contribution is 2.08. The molecule has 3 N–H and O–H groups in total. The molecule has 0 amide bonds. The molecule has 0 aliphatic rings. The second-order valence-corrected chi connectivity index (χ2v) is 2.74. The maximum absolute atomic E-state index is 11.0. The first-order valence-electron chi connectivity index (χ1n) is 4.26. The zero-order valence-electron chi connectivity index (χ0n) is 8.14. The Morgan fingerprint density at radius 1 is 1.67 bits per heavy atom. The van der Waals surface area contributed by atoms with Gasteiger partial charge in [-0.1, -0.05) is 0 Å². The van der Waals surface area contributed by atoms with E-state index in [4.69, 9.17) is 10.8 Å². The molecule has 0 saturated heterocycles. The van der Waals surface area contributed by atoms with Gasteiger partial charge in [0.15, 0.2) is 5.69 Å². The quantitative estimate of drug-likeness (QED) is 0.666. The lowest BCUT2D eigenvalue weighted by atomic mass is 10.4. The summed E-state index contributed by atoms with van der Waals surface area (Å²) in [5.41, 5.74) is 5.13. The highest BCUT2D eigenvalue weighted by molar-refractivity contribution is 5.91. The monoisotopic (exact) mass is 213 g/mol. The van der Waals surface area contributed by atoms with Crippen molar-refractivity contribution in [3.8, 4) is 0 Å². The van der Waals surface area contributed by atoms with Crippen LogP contribution in [0.5, 0.6) is 0 Å². The molecule has 7 heteroatoms. The largest absolute Gasteiger partial charge is 0.476 e. The minimum Gasteiger partial charge on any atom is -0.476 e. The van der Waals surface area contributed by atoms with Crippen molar-refractivity contribution in [2.24, 2.45) is 0 Å². The predicted molar refractivity (Wildman–Crippen MR) is 50.2 cm³/mol. The summed E-state index contributed by atoms with van der Waals surface area (Å²) in [6, 6.07) is 0. The maximum atomic E-state index is 11.0. The Morgan fingerprint density at radius 3 is 2.80 bits per heavy atom. The van der Waals surface area contributed by atoms with E-state index in [1.807, 2.05) is 0 Å². The molecule has 0 fully saturated rings. The summed E-state index contributed by atoms with van der Waals surface area (Å²) in [5.74, 6) is -1.72. The van der Waals surface area contributed by atoms with E-state index in [1.54, 1.807) is 6.92 Å². The van der Waals surface area contributed by atoms with Gasteiger partial charge in [0.2, 0.25) is 0 Å². The van der Waals surface area contributed by atoms with Crippen LogP contribution in [-0.2, 0) is 16.1 Å². The van der Waals surface area contributed by atoms with Gasteiger partial charge in [-0.25, -0.2) is 4.79 Å². The first kappa shape index (κ1) is 11.0. The number of carbonyl (C=O) groups excluding carboxylic acids is 1. The number of carboxylic acids is 1. The van der Waals surface area contributed by atoms with E-state index in [-0.39, 0.29) is 24.5 Å². The van der Waals surface area contributed by atoms with Gasteiger partial charge in [0.05, 0.1) is 12.3 Å². The van der Waals surface area contributed by atoms with E-state index in [1.165, 1.54) is 6.20 Å². The number of aromatic carboxylic acids is 1. The standard InChI is InChI=1S/C8H11N3O4/c1-2-15-6(12)4-11-3-5(9)7(10-11)8(13)14/h3H,2,4,9H2,1H3,(H,13,14). The summed E-state index contributed by atoms with van der Waals surface area (Å²) in [4.78, 5) is 21.6. The molecule has 0 unspecified atom stereocenters. The Bertz CT molecular complexity index is 385. The molecule has 0 radical (unpaired) electrons. The Kier molecular flexibility index (Phi) is 3.27. The molecule has 0 bridgehead atoms. The normalized spacial score (nSPS) is 9.93. The van der Waals surface area contributed by atoms with Crippen LogP contribution in [0.1, 0.15) is 17.4 Å². The number of nitrogens with zero attached hydrogens (tertiary/aromatic N) is 2. The number of hydrogen-bond donors (Lipinski definition) is 2. The average molecular weight is 213 g/mol. The average Bonchev–Trinajstić information content (AvgIpc) is 2.47. The van der Waals surface area contributed by atoms with Gasteiger partial charge in [-0.05, 0) is 6.92 Å². The van der Waals surface area contributed by atoms with Crippen LogP contribution in [0.3, 0.4) is 0 Å². The van der Waals surface area contributed by atoms with Crippen LogP contribution in [0, 0.1) is 0 Å². The van der Waals surface area contributed by atoms with E-state index >= 15 is 0 Å². The van der Waals surface area contributed by atoms with Gasteiger partial charge in [-0.15, -0.1) is 0 Å². The molecule has 1 rings (SSSR count). The lowest BCUT2D eigenvalue weighted by Gasteiger charge is -2.00. The third kappa shape index (κ3) is 2.70. The molecule has 15 heavy (non-hydrogen) atoms. The minimum atomic E-state index is -1.23. The van der Waals surface area contributed by atoms with Gasteiger partial charge < -0.3 is 15.6 Å². The summed E-state index contributed by atoms with van der Waals surface area (Å²) >= 11 is 0. The van der Waals surface area contributed by atoms with Crippen LogP contribution < -0.4 is 5.73 Å². The third-order valence-corrected chi connectivity index (χ3v) is 1.59. The number of carboxylic acid groups (broad SMARTS) is 1. The van der Waals surface area contributed by atoms with Gasteiger partial charge in [0.1, 0.15) is 6.54 Å². The summed E-state index contributed by atoms with van der Waals surface area (Å²) in [6.45, 7) is 1.80. The Hall–Kier alpha value is -2.05. The maximum Gasteiger partial charge on any atom is 0.358 e. The van der Waals surface area contributed by atoms with Gasteiger partial charge in [0.25, 0.3) is 0 Å². The number of nitrogen functional groups attached to an aromatic ring is 1. The highest BCUT2D eigenvalue weighted by Gasteiger charge is 2.14. The molecule has 0 saturated carbocycles. The SMILES string of the molecule is CCOC(=O)Cn1cc(N)c(C(=O)O)n1. The molecule has 0 aromatic carbocycles. The molecule has 1 aromatic heterocycles. The molecule has 82 valence electrons. The van der Waals surface area contributed by atoms with Crippen LogP contribution in [0.4, 0.5) is 5.69 Å². The zero-order chi connectivity index (χ0) is 11.4. The topological polar surface area (TPSA) is 107 Å². The summed E-state index contributed by atoms with van der Waals surface area (Å²) in [5, 5.41) is 12.3. The number of hydrogen-bond acceptors (Lipinski definition) is 5. The molecule has 1 aromatic rings. The number of ether oxygens (including phenoxy) is 1. The van der Waals surface area contributed by atoms with Crippen molar-refractivity contribution < 1.29 is 19.4 Å². The van der Waals surface area contributed by atoms with E-state index in [0.717, 1.165) is 4.68 Å². The van der Waals surface area contributed by atoms with Crippen molar-refractivity contribution in [1.29, 1.82) is 0 Å². The fraction of sp³-hybridized carbons (Fsp3) is 0.375. The van der Waals surface area contributed by atoms with E-state index < -0.39 is 11.9 Å². The second kappa shape index (κ2) is 4.45. The lowest BCUT2D eigenvalue weighted by molar-refractivity contribution is -0.144. The van der Waals surface area contributed by atoms with Crippen LogP contribution >= 0.6 is 0 Å². The molecule has 0 spiro atoms. The first-order chi connectivity index (χ1) is 7.04. The van der Waals surface area contributed by atoms with E-state index in [2.05, 4.69) is 9.84 Å². The van der Waals surface area contributed by atoms with Crippen molar-refractivity contribution in [2.45, 2.75) is 13.5 Å². The smallest absolute Gasteiger partial charge is 0.358 e. The van der Waals surface area contributed by atoms with Crippen molar-refractivity contribution in [3.05, 3.63) is 11.9 Å². The Morgan fingerprint density at radius 2 is 2.33 bits per heavy atom. The summed E-state index contributed by atoms with van der Waals surface area (Å²) in [7, 11) is 0. The Balaban J connectivity index is 2.75. The summed E-state index contributed by atoms with van der Waals surface area (Å²) < 4.78 is 5.80. The number of carbonyl (C=O) groups is 2. The lowest BCUT2D eigenvalue weighted by Crippen LogP contribution is -2.14. The minimum absolute atomic E-state index is 0.0202. The van der Waals surface area contributed by atoms with Gasteiger partial charge in [-0.2, -0.15) is 5.10 Å². The van der Waals surface area contributed by atoms with Gasteiger partial charge >= 0.3 is 11.9 Å². The molecule has 0 atom stereocenters. The van der Waals surface area contributed by atoms with Crippen molar-refractivity contribution in [1.82, 2.24) is 9.78 Å². The van der Waals surface area contributed by atoms with Crippen LogP contribution in [0.2, 0.25) is 0 Å². The molecule has 7 nitrogen and oxygen atoms in total. The molecular formula is C8H11N3O4. The van der Waals surface area contributed by atoms with Crippen molar-refractivity contribution >= 4 is 17.6 Å². The van der Waals surface area contributed by atoms with E-state index in [0.29, 0.717) is 0 Å². The number of nitrogens with two attached hydrogens (primary N) is 1. The number of aromatic nitrogens is 2.